The maximum absolute atomic E-state index is 12.8. The van der Waals surface area contributed by atoms with Crippen molar-refractivity contribution in [3.05, 3.63) is 59.7 Å². The van der Waals surface area contributed by atoms with Crippen LogP contribution in [0.2, 0.25) is 0 Å². The van der Waals surface area contributed by atoms with Crippen LogP contribution in [0, 0.1) is 0 Å². The summed E-state index contributed by atoms with van der Waals surface area (Å²) in [6.45, 7) is 8.11. The van der Waals surface area contributed by atoms with E-state index in [0.717, 1.165) is 42.1 Å². The molecule has 0 aromatic heterocycles. The highest BCUT2D eigenvalue weighted by atomic mass is 32.2. The molecule has 0 spiro atoms. The second kappa shape index (κ2) is 24.3. The average molecular weight is 595 g/mol. The molecule has 42 heavy (non-hydrogen) atoms. The second-order valence-electron chi connectivity index (χ2n) is 11.4. The fourth-order valence-corrected chi connectivity index (χ4v) is 5.67. The lowest BCUT2D eigenvalue weighted by Crippen LogP contribution is -2.03. The van der Waals surface area contributed by atoms with Crippen molar-refractivity contribution >= 4 is 23.6 Å². The van der Waals surface area contributed by atoms with Crippen molar-refractivity contribution in [3.63, 3.8) is 0 Å². The first kappa shape index (κ1) is 36.0. The zero-order chi connectivity index (χ0) is 30.1. The van der Waals surface area contributed by atoms with Crippen LogP contribution in [0.25, 0.3) is 6.08 Å². The first-order chi connectivity index (χ1) is 20.7. The van der Waals surface area contributed by atoms with E-state index in [1.807, 2.05) is 60.3 Å². The van der Waals surface area contributed by atoms with Gasteiger partial charge in [-0.3, -0.25) is 4.79 Å². The predicted octanol–water partition coefficient (Wildman–Crippen LogP) is 12.1. The van der Waals surface area contributed by atoms with Gasteiger partial charge in [-0.25, -0.2) is 0 Å². The Bertz CT molecular complexity index is 982. The molecular formula is C38H58O3S. The van der Waals surface area contributed by atoms with Crippen LogP contribution in [0.15, 0.2) is 53.4 Å². The third-order valence-corrected chi connectivity index (χ3v) is 8.74. The Morgan fingerprint density at radius 3 is 1.69 bits per heavy atom. The summed E-state index contributed by atoms with van der Waals surface area (Å²) in [5, 5.41) is 0. The van der Waals surface area contributed by atoms with E-state index in [1.165, 1.54) is 94.8 Å². The van der Waals surface area contributed by atoms with Gasteiger partial charge < -0.3 is 9.47 Å². The molecule has 0 saturated heterocycles. The van der Waals surface area contributed by atoms with Gasteiger partial charge in [0.05, 0.1) is 13.2 Å². The molecule has 0 unspecified atom stereocenters. The van der Waals surface area contributed by atoms with Crippen molar-refractivity contribution in [2.75, 3.05) is 19.0 Å². The minimum absolute atomic E-state index is 0.0125. The largest absolute Gasteiger partial charge is 0.490 e. The Morgan fingerprint density at radius 1 is 0.619 bits per heavy atom. The summed E-state index contributed by atoms with van der Waals surface area (Å²) in [4.78, 5) is 14.0. The third-order valence-electron chi connectivity index (χ3n) is 7.52. The number of hydrogen-bond donors (Lipinski definition) is 0. The lowest BCUT2D eigenvalue weighted by molar-refractivity contribution is 0.104. The summed E-state index contributed by atoms with van der Waals surface area (Å²) >= 11 is 1.83. The SMILES string of the molecule is CCCCCCCCCCOc1ccc(/C=C/C(=O)c2ccc(SCCC)cc2)cc1OCCCCCCCCCC. The van der Waals surface area contributed by atoms with Gasteiger partial charge in [0.1, 0.15) is 0 Å². The third kappa shape index (κ3) is 16.4. The molecule has 0 saturated carbocycles. The molecule has 0 bridgehead atoms. The Morgan fingerprint density at radius 2 is 1.14 bits per heavy atom. The highest BCUT2D eigenvalue weighted by molar-refractivity contribution is 7.99. The molecule has 0 fully saturated rings. The van der Waals surface area contributed by atoms with Crippen LogP contribution in [0.5, 0.6) is 11.5 Å². The minimum atomic E-state index is 0.0125. The van der Waals surface area contributed by atoms with E-state index in [4.69, 9.17) is 9.47 Å². The molecule has 234 valence electrons. The normalized spacial score (nSPS) is 11.3. The van der Waals surface area contributed by atoms with E-state index in [1.54, 1.807) is 6.08 Å². The van der Waals surface area contributed by atoms with E-state index >= 15 is 0 Å². The number of carbonyl (C=O) groups excluding carboxylic acids is 1. The van der Waals surface area contributed by atoms with Gasteiger partial charge in [0.25, 0.3) is 0 Å². The smallest absolute Gasteiger partial charge is 0.185 e. The van der Waals surface area contributed by atoms with Gasteiger partial charge in [0.15, 0.2) is 17.3 Å². The number of carbonyl (C=O) groups is 1. The molecule has 3 nitrogen and oxygen atoms in total. The van der Waals surface area contributed by atoms with E-state index < -0.39 is 0 Å². The van der Waals surface area contributed by atoms with E-state index in [-0.39, 0.29) is 5.78 Å². The van der Waals surface area contributed by atoms with Crippen molar-refractivity contribution in [3.8, 4) is 11.5 Å². The average Bonchev–Trinajstić information content (AvgIpc) is 3.02. The monoisotopic (exact) mass is 594 g/mol. The molecule has 2 aromatic rings. The number of benzene rings is 2. The van der Waals surface area contributed by atoms with Crippen LogP contribution < -0.4 is 9.47 Å². The topological polar surface area (TPSA) is 35.5 Å². The number of hydrogen-bond acceptors (Lipinski definition) is 4. The Balaban J connectivity index is 1.90. The lowest BCUT2D eigenvalue weighted by Gasteiger charge is -2.14. The molecule has 0 amide bonds. The summed E-state index contributed by atoms with van der Waals surface area (Å²) in [6.07, 6.45) is 25.2. The molecule has 0 aliphatic rings. The van der Waals surface area contributed by atoms with Gasteiger partial charge in [-0.05, 0) is 73.1 Å². The molecule has 0 heterocycles. The first-order valence-corrected chi connectivity index (χ1v) is 18.0. The van der Waals surface area contributed by atoms with Gasteiger partial charge in [-0.1, -0.05) is 123 Å². The van der Waals surface area contributed by atoms with Crippen LogP contribution >= 0.6 is 11.8 Å². The van der Waals surface area contributed by atoms with Gasteiger partial charge in [-0.15, -0.1) is 11.8 Å². The first-order valence-electron chi connectivity index (χ1n) is 17.0. The number of thioether (sulfide) groups is 1. The molecular weight excluding hydrogens is 536 g/mol. The van der Waals surface area contributed by atoms with Crippen molar-refractivity contribution in [2.45, 2.75) is 135 Å². The van der Waals surface area contributed by atoms with Gasteiger partial charge >= 0.3 is 0 Å². The van der Waals surface area contributed by atoms with Crippen molar-refractivity contribution in [2.24, 2.45) is 0 Å². The van der Waals surface area contributed by atoms with Crippen LogP contribution in [0.1, 0.15) is 146 Å². The van der Waals surface area contributed by atoms with Crippen molar-refractivity contribution in [1.29, 1.82) is 0 Å². The molecule has 0 aliphatic carbocycles. The summed E-state index contributed by atoms with van der Waals surface area (Å²) in [6, 6.07) is 13.9. The number of rotatable bonds is 26. The number of unbranched alkanes of at least 4 members (excludes halogenated alkanes) is 14. The fourth-order valence-electron chi connectivity index (χ4n) is 4.90. The van der Waals surface area contributed by atoms with Crippen LogP contribution in [0.4, 0.5) is 0 Å². The summed E-state index contributed by atoms with van der Waals surface area (Å²) in [5.41, 5.74) is 1.66. The van der Waals surface area contributed by atoms with Crippen LogP contribution in [-0.4, -0.2) is 24.7 Å². The fraction of sp³-hybridized carbons (Fsp3) is 0.605. The summed E-state index contributed by atoms with van der Waals surface area (Å²) in [7, 11) is 0. The molecule has 2 rings (SSSR count). The maximum atomic E-state index is 12.8. The zero-order valence-corrected chi connectivity index (χ0v) is 27.8. The second-order valence-corrected chi connectivity index (χ2v) is 12.6. The van der Waals surface area contributed by atoms with E-state index in [2.05, 4.69) is 20.8 Å². The molecule has 0 aliphatic heterocycles. The minimum Gasteiger partial charge on any atom is -0.490 e. The zero-order valence-electron chi connectivity index (χ0n) is 27.0. The van der Waals surface area contributed by atoms with Crippen LogP contribution in [-0.2, 0) is 0 Å². The Labute approximate surface area is 262 Å². The van der Waals surface area contributed by atoms with Crippen molar-refractivity contribution in [1.82, 2.24) is 0 Å². The summed E-state index contributed by atoms with van der Waals surface area (Å²) in [5.74, 6) is 2.69. The molecule has 0 radical (unpaired) electrons. The van der Waals surface area contributed by atoms with Gasteiger partial charge in [0, 0.05) is 10.5 Å². The number of ketones is 1. The van der Waals surface area contributed by atoms with Crippen molar-refractivity contribution < 1.29 is 14.3 Å². The van der Waals surface area contributed by atoms with E-state index in [0.29, 0.717) is 18.8 Å². The highest BCUT2D eigenvalue weighted by Gasteiger charge is 2.08. The Kier molecular flexibility index (Phi) is 20.8. The quantitative estimate of drug-likeness (QED) is 0.0470. The molecule has 2 aromatic carbocycles. The van der Waals surface area contributed by atoms with E-state index in [9.17, 15) is 4.79 Å². The lowest BCUT2D eigenvalue weighted by atomic mass is 10.1. The highest BCUT2D eigenvalue weighted by Crippen LogP contribution is 2.30. The van der Waals surface area contributed by atoms with Gasteiger partial charge in [-0.2, -0.15) is 0 Å². The predicted molar refractivity (Wildman–Crippen MR) is 183 cm³/mol. The molecule has 0 N–H and O–H groups in total. The number of allylic oxidation sites excluding steroid dienone is 1. The van der Waals surface area contributed by atoms with Gasteiger partial charge in [0.2, 0.25) is 0 Å². The standard InChI is InChI=1S/C38H58O3S/c1-4-7-9-11-13-15-17-19-29-40-37-28-22-33(32-38(37)41-30-20-18-16-14-12-10-8-5-2)21-27-36(39)34-23-25-35(26-24-34)42-31-6-3/h21-28,32H,4-20,29-31H2,1-3H3/b27-21+. The number of ether oxygens (including phenoxy) is 2. The molecule has 0 atom stereocenters. The Hall–Kier alpha value is -2.20. The maximum Gasteiger partial charge on any atom is 0.185 e. The summed E-state index contributed by atoms with van der Waals surface area (Å²) < 4.78 is 12.4. The molecule has 4 heteroatoms. The van der Waals surface area contributed by atoms with Crippen LogP contribution in [0.3, 0.4) is 0 Å².